The Balaban J connectivity index is 1.56. The molecule has 4 N–H and O–H groups in total. The molecular weight excluding hydrogens is 483 g/mol. The summed E-state index contributed by atoms with van der Waals surface area (Å²) in [5, 5.41) is 11.7. The maximum Gasteiger partial charge on any atom is 0.459 e. The van der Waals surface area contributed by atoms with Crippen LogP contribution in [0.4, 0.5) is 5.82 Å². The van der Waals surface area contributed by atoms with Crippen molar-refractivity contribution in [2.45, 2.75) is 57.1 Å². The van der Waals surface area contributed by atoms with Gasteiger partial charge in [0.05, 0.1) is 6.61 Å². The minimum absolute atomic E-state index is 0.0576. The standard InChI is InChI=1S/C21H27N4O9P/c1-12(19(26)27)24-35(29,34-13-7-5-4-6-8-13)30-11-14-16-17(33-21(2,3)32-16)18(31-14)25-10-9-15(22)23-20(25)28/h4-10,12,14,16-18H,11H2,1-3H3,(H,24,29)(H,26,27)(H2,22,23,28)/t12?,14-,16-,17-,18-,35?/m1/s1. The quantitative estimate of drug-likeness (QED) is 0.416. The summed E-state index contributed by atoms with van der Waals surface area (Å²) >= 11 is 0. The smallest absolute Gasteiger partial charge is 0.459 e. The van der Waals surface area contributed by atoms with E-state index in [1.165, 1.54) is 23.8 Å². The number of benzene rings is 1. The number of fused-ring (bicyclic) bond motifs is 1. The molecule has 0 bridgehead atoms. The second-order valence-electron chi connectivity index (χ2n) is 8.56. The highest BCUT2D eigenvalue weighted by molar-refractivity contribution is 7.52. The van der Waals surface area contributed by atoms with Gasteiger partial charge in [-0.15, -0.1) is 0 Å². The van der Waals surface area contributed by atoms with Crippen molar-refractivity contribution in [1.29, 1.82) is 0 Å². The molecular formula is C21H27N4O9P. The molecule has 13 nitrogen and oxygen atoms in total. The monoisotopic (exact) mass is 510 g/mol. The predicted molar refractivity (Wildman–Crippen MR) is 122 cm³/mol. The number of nitrogens with two attached hydrogens (primary N) is 1. The molecule has 2 saturated heterocycles. The number of nitrogens with one attached hydrogen (secondary N) is 1. The summed E-state index contributed by atoms with van der Waals surface area (Å²) in [6.07, 6.45) is -1.73. The molecule has 2 fully saturated rings. The fourth-order valence-corrected chi connectivity index (χ4v) is 5.32. The molecule has 2 aliphatic heterocycles. The summed E-state index contributed by atoms with van der Waals surface area (Å²) in [6.45, 7) is 4.41. The Hall–Kier alpha value is -2.80. The molecule has 0 radical (unpaired) electrons. The predicted octanol–water partition coefficient (Wildman–Crippen LogP) is 1.51. The summed E-state index contributed by atoms with van der Waals surface area (Å²) in [5.74, 6) is -1.96. The maximum absolute atomic E-state index is 13.5. The molecule has 1 aromatic heterocycles. The summed E-state index contributed by atoms with van der Waals surface area (Å²) in [5.41, 5.74) is 4.95. The highest BCUT2D eigenvalue weighted by Gasteiger charge is 2.56. The van der Waals surface area contributed by atoms with Gasteiger partial charge in [-0.3, -0.25) is 13.9 Å². The highest BCUT2D eigenvalue weighted by Crippen LogP contribution is 2.48. The first-order chi connectivity index (χ1) is 16.5. The van der Waals surface area contributed by atoms with E-state index in [2.05, 4.69) is 10.1 Å². The third-order valence-electron chi connectivity index (χ3n) is 5.35. The normalized spacial score (nSPS) is 27.6. The van der Waals surface area contributed by atoms with E-state index in [-0.39, 0.29) is 18.2 Å². The lowest BCUT2D eigenvalue weighted by Crippen LogP contribution is -2.36. The van der Waals surface area contributed by atoms with Crippen LogP contribution in [0.1, 0.15) is 27.0 Å². The van der Waals surface area contributed by atoms with Crippen LogP contribution in [0.25, 0.3) is 0 Å². The lowest BCUT2D eigenvalue weighted by molar-refractivity contribution is -0.200. The zero-order valence-corrected chi connectivity index (χ0v) is 20.2. The number of aromatic nitrogens is 2. The number of anilines is 1. The number of nitrogen functional groups attached to an aromatic ring is 1. The van der Waals surface area contributed by atoms with Crippen LogP contribution < -0.4 is 21.0 Å². The Kier molecular flexibility index (Phi) is 7.00. The fraction of sp³-hybridized carbons (Fsp3) is 0.476. The van der Waals surface area contributed by atoms with Gasteiger partial charge in [-0.2, -0.15) is 10.1 Å². The van der Waals surface area contributed by atoms with Gasteiger partial charge in [0.1, 0.15) is 35.9 Å². The van der Waals surface area contributed by atoms with Crippen molar-refractivity contribution in [3.63, 3.8) is 0 Å². The van der Waals surface area contributed by atoms with Crippen LogP contribution in [0.2, 0.25) is 0 Å². The van der Waals surface area contributed by atoms with Crippen molar-refractivity contribution >= 4 is 19.5 Å². The SMILES string of the molecule is CC(NP(=O)(OC[C@H]1O[C@@H](n2ccc(N)nc2=O)[C@@H]2OC(C)(C)O[C@@H]21)Oc1ccccc1)C(=O)O. The van der Waals surface area contributed by atoms with Crippen LogP contribution in [-0.4, -0.2) is 57.4 Å². The summed E-state index contributed by atoms with van der Waals surface area (Å²) < 4.78 is 43.8. The molecule has 4 rings (SSSR count). The number of aliphatic carboxylic acids is 1. The Labute approximate surface area is 200 Å². The average molecular weight is 510 g/mol. The molecule has 2 unspecified atom stereocenters. The lowest BCUT2D eigenvalue weighted by atomic mass is 10.1. The van der Waals surface area contributed by atoms with E-state index in [0.29, 0.717) is 0 Å². The van der Waals surface area contributed by atoms with Crippen LogP contribution in [0.5, 0.6) is 5.75 Å². The molecule has 3 heterocycles. The van der Waals surface area contributed by atoms with Gasteiger partial charge in [0, 0.05) is 6.20 Å². The minimum atomic E-state index is -4.18. The number of hydrogen-bond donors (Lipinski definition) is 3. The van der Waals surface area contributed by atoms with E-state index in [4.69, 9.17) is 29.0 Å². The largest absolute Gasteiger partial charge is 0.480 e. The number of nitrogens with zero attached hydrogens (tertiary/aromatic N) is 2. The molecule has 2 aromatic rings. The van der Waals surface area contributed by atoms with E-state index < -0.39 is 55.8 Å². The second kappa shape index (κ2) is 9.69. The molecule has 0 aliphatic carbocycles. The zero-order valence-electron chi connectivity index (χ0n) is 19.3. The van der Waals surface area contributed by atoms with Gasteiger partial charge in [-0.25, -0.2) is 9.36 Å². The molecule has 6 atom stereocenters. The third-order valence-corrected chi connectivity index (χ3v) is 6.99. The summed E-state index contributed by atoms with van der Waals surface area (Å²) in [4.78, 5) is 27.5. The molecule has 35 heavy (non-hydrogen) atoms. The first-order valence-electron chi connectivity index (χ1n) is 10.8. The molecule has 1 aromatic carbocycles. The zero-order chi connectivity index (χ0) is 25.4. The molecule has 0 amide bonds. The second-order valence-corrected chi connectivity index (χ2v) is 10.3. The van der Waals surface area contributed by atoms with Crippen molar-refractivity contribution in [1.82, 2.24) is 14.6 Å². The first-order valence-corrected chi connectivity index (χ1v) is 12.4. The number of ether oxygens (including phenoxy) is 3. The van der Waals surface area contributed by atoms with Gasteiger partial charge in [0.25, 0.3) is 0 Å². The molecule has 0 saturated carbocycles. The number of carboxylic acid groups (broad SMARTS) is 1. The molecule has 2 aliphatic rings. The summed E-state index contributed by atoms with van der Waals surface area (Å²) in [7, 11) is -4.18. The molecule has 190 valence electrons. The van der Waals surface area contributed by atoms with Crippen LogP contribution in [0, 0.1) is 0 Å². The van der Waals surface area contributed by atoms with Gasteiger partial charge in [-0.1, -0.05) is 18.2 Å². The van der Waals surface area contributed by atoms with Crippen LogP contribution in [0.15, 0.2) is 47.4 Å². The highest BCUT2D eigenvalue weighted by atomic mass is 31.2. The van der Waals surface area contributed by atoms with Crippen molar-refractivity contribution in [3.8, 4) is 5.75 Å². The van der Waals surface area contributed by atoms with Gasteiger partial charge in [0.15, 0.2) is 12.0 Å². The van der Waals surface area contributed by atoms with E-state index in [9.17, 15) is 19.3 Å². The van der Waals surface area contributed by atoms with E-state index in [1.807, 2.05) is 0 Å². The lowest BCUT2D eigenvalue weighted by Gasteiger charge is -2.26. The van der Waals surface area contributed by atoms with Gasteiger partial charge >= 0.3 is 19.4 Å². The Bertz CT molecular complexity index is 1170. The fourth-order valence-electron chi connectivity index (χ4n) is 3.81. The van der Waals surface area contributed by atoms with Crippen molar-refractivity contribution in [2.75, 3.05) is 12.3 Å². The number of para-hydroxylation sites is 1. The van der Waals surface area contributed by atoms with Gasteiger partial charge < -0.3 is 29.6 Å². The first kappa shape index (κ1) is 25.3. The van der Waals surface area contributed by atoms with Gasteiger partial charge in [0.2, 0.25) is 0 Å². The van der Waals surface area contributed by atoms with E-state index in [0.717, 1.165) is 0 Å². The van der Waals surface area contributed by atoms with Crippen LogP contribution in [-0.2, 0) is 28.1 Å². The number of rotatable bonds is 9. The summed E-state index contributed by atoms with van der Waals surface area (Å²) in [6, 6.07) is 8.39. The number of hydrogen-bond acceptors (Lipinski definition) is 10. The third kappa shape index (κ3) is 5.72. The maximum atomic E-state index is 13.5. The average Bonchev–Trinajstić information content (AvgIpc) is 3.26. The van der Waals surface area contributed by atoms with Crippen molar-refractivity contribution in [2.24, 2.45) is 0 Å². The minimum Gasteiger partial charge on any atom is -0.480 e. The van der Waals surface area contributed by atoms with E-state index in [1.54, 1.807) is 44.2 Å². The van der Waals surface area contributed by atoms with E-state index >= 15 is 0 Å². The number of carbonyl (C=O) groups is 1. The number of carboxylic acids is 1. The Morgan fingerprint density at radius 3 is 2.63 bits per heavy atom. The topological polar surface area (TPSA) is 173 Å². The van der Waals surface area contributed by atoms with Gasteiger partial charge in [-0.05, 0) is 39.0 Å². The Morgan fingerprint density at radius 2 is 1.97 bits per heavy atom. The van der Waals surface area contributed by atoms with Crippen molar-refractivity contribution in [3.05, 3.63) is 53.1 Å². The Morgan fingerprint density at radius 1 is 1.29 bits per heavy atom. The molecule has 14 heteroatoms. The molecule has 0 spiro atoms. The van der Waals surface area contributed by atoms with Crippen LogP contribution >= 0.6 is 7.75 Å². The van der Waals surface area contributed by atoms with Crippen molar-refractivity contribution < 1.29 is 37.7 Å². The van der Waals surface area contributed by atoms with Crippen LogP contribution in [0.3, 0.4) is 0 Å².